The third-order valence-corrected chi connectivity index (χ3v) is 7.81. The molecule has 4 aliphatic rings. The van der Waals surface area contributed by atoms with Crippen molar-refractivity contribution in [3.63, 3.8) is 0 Å². The summed E-state index contributed by atoms with van der Waals surface area (Å²) in [6.45, 7) is 6.11. The van der Waals surface area contributed by atoms with Gasteiger partial charge in [0.2, 0.25) is 0 Å². The zero-order valence-electron chi connectivity index (χ0n) is 21.4. The molecule has 0 unspecified atom stereocenters. The maximum Gasteiger partial charge on any atom is 0.185 e. The van der Waals surface area contributed by atoms with Crippen LogP contribution in [-0.4, -0.2) is 80.0 Å². The Bertz CT molecular complexity index is 908. The van der Waals surface area contributed by atoms with Gasteiger partial charge in [0.1, 0.15) is 6.10 Å². The van der Waals surface area contributed by atoms with E-state index in [-0.39, 0.29) is 17.5 Å². The molecule has 0 saturated carbocycles. The first-order valence-corrected chi connectivity index (χ1v) is 13.1. The van der Waals surface area contributed by atoms with Crippen molar-refractivity contribution < 1.29 is 14.6 Å². The summed E-state index contributed by atoms with van der Waals surface area (Å²) in [5, 5.41) is 9.97. The van der Waals surface area contributed by atoms with Gasteiger partial charge in [0.05, 0.1) is 25.2 Å². The molecule has 8 nitrogen and oxygen atoms in total. The van der Waals surface area contributed by atoms with Gasteiger partial charge in [-0.15, -0.1) is 0 Å². The molecule has 3 heterocycles. The predicted molar refractivity (Wildman–Crippen MR) is 140 cm³/mol. The summed E-state index contributed by atoms with van der Waals surface area (Å²) in [6.07, 6.45) is 12.2. The van der Waals surface area contributed by atoms with Crippen LogP contribution in [0.15, 0.2) is 29.3 Å². The molecule has 5 N–H and O–H groups in total. The number of benzene rings is 1. The smallest absolute Gasteiger partial charge is 0.185 e. The monoisotopic (exact) mass is 485 g/mol. The van der Waals surface area contributed by atoms with Crippen molar-refractivity contribution in [1.29, 1.82) is 0 Å². The van der Waals surface area contributed by atoms with Crippen molar-refractivity contribution >= 4 is 5.96 Å². The van der Waals surface area contributed by atoms with Crippen LogP contribution in [0, 0.1) is 0 Å². The molecule has 8 heteroatoms. The van der Waals surface area contributed by atoms with E-state index in [0.29, 0.717) is 6.42 Å². The lowest BCUT2D eigenvalue weighted by molar-refractivity contribution is 0.0821. The van der Waals surface area contributed by atoms with Crippen molar-refractivity contribution in [2.24, 2.45) is 16.5 Å². The number of aliphatic hydroxyl groups excluding tert-OH is 1. The Kier molecular flexibility index (Phi) is 8.57. The number of ether oxygens (including phenoxy) is 2. The number of hydrogen-bond donors (Lipinski definition) is 3. The van der Waals surface area contributed by atoms with Crippen LogP contribution < -0.4 is 20.9 Å². The van der Waals surface area contributed by atoms with E-state index in [2.05, 4.69) is 34.0 Å². The Morgan fingerprint density at radius 1 is 1.17 bits per heavy atom. The summed E-state index contributed by atoms with van der Waals surface area (Å²) < 4.78 is 11.8. The molecular formula is C27H43N5O3. The third kappa shape index (κ3) is 5.93. The van der Waals surface area contributed by atoms with E-state index in [1.807, 2.05) is 12.1 Å². The van der Waals surface area contributed by atoms with Gasteiger partial charge in [0.15, 0.2) is 17.5 Å². The lowest BCUT2D eigenvalue weighted by atomic mass is 9.69. The number of hydrogen-bond acceptors (Lipinski definition) is 6. The van der Waals surface area contributed by atoms with Gasteiger partial charge in [-0.2, -0.15) is 0 Å². The first-order chi connectivity index (χ1) is 16.9. The number of likely N-dealkylation sites (tertiary alicyclic amines) is 1. The zero-order chi connectivity index (χ0) is 24.8. The summed E-state index contributed by atoms with van der Waals surface area (Å²) in [6, 6.07) is 4.16. The highest BCUT2D eigenvalue weighted by molar-refractivity contribution is 5.75. The molecule has 0 aromatic heterocycles. The minimum Gasteiger partial charge on any atom is -0.493 e. The number of rotatable bonds is 4. The van der Waals surface area contributed by atoms with Crippen molar-refractivity contribution in [1.82, 2.24) is 9.80 Å². The molecule has 1 spiro atoms. The van der Waals surface area contributed by atoms with E-state index in [0.717, 1.165) is 44.1 Å². The topological polar surface area (TPSA) is 110 Å². The second-order valence-electron chi connectivity index (χ2n) is 10.3. The van der Waals surface area contributed by atoms with Crippen molar-refractivity contribution in [2.45, 2.75) is 69.1 Å². The highest BCUT2D eigenvalue weighted by Gasteiger charge is 2.52. The van der Waals surface area contributed by atoms with Gasteiger partial charge in [0, 0.05) is 25.1 Å². The Morgan fingerprint density at radius 3 is 2.63 bits per heavy atom. The summed E-state index contributed by atoms with van der Waals surface area (Å²) >= 11 is 0. The molecule has 1 aromatic rings. The van der Waals surface area contributed by atoms with Crippen LogP contribution >= 0.6 is 0 Å². The molecule has 1 aliphatic carbocycles. The van der Waals surface area contributed by atoms with Gasteiger partial charge < -0.3 is 35.8 Å². The van der Waals surface area contributed by atoms with E-state index in [4.69, 9.17) is 20.9 Å². The normalized spacial score (nSPS) is 28.2. The fraction of sp³-hybridized carbons (Fsp3) is 0.667. The first-order valence-electron chi connectivity index (χ1n) is 13.1. The minimum absolute atomic E-state index is 0.00838. The molecule has 5 rings (SSSR count). The molecular weight excluding hydrogens is 442 g/mol. The third-order valence-electron chi connectivity index (χ3n) is 7.81. The fourth-order valence-corrected chi connectivity index (χ4v) is 5.93. The van der Waals surface area contributed by atoms with Gasteiger partial charge in [-0.3, -0.25) is 4.99 Å². The van der Waals surface area contributed by atoms with Crippen molar-refractivity contribution in [3.8, 4) is 11.5 Å². The quantitative estimate of drug-likeness (QED) is 0.341. The van der Waals surface area contributed by atoms with E-state index >= 15 is 0 Å². The molecule has 1 fully saturated rings. The number of methoxy groups -OCH3 is 1. The summed E-state index contributed by atoms with van der Waals surface area (Å²) in [5.41, 5.74) is 13.0. The van der Waals surface area contributed by atoms with Crippen LogP contribution in [0.2, 0.25) is 0 Å². The van der Waals surface area contributed by atoms with E-state index < -0.39 is 6.10 Å². The molecule has 35 heavy (non-hydrogen) atoms. The van der Waals surface area contributed by atoms with Gasteiger partial charge in [-0.25, -0.2) is 0 Å². The average molecular weight is 486 g/mol. The van der Waals surface area contributed by atoms with E-state index in [1.165, 1.54) is 56.3 Å². The first kappa shape index (κ1) is 25.8. The van der Waals surface area contributed by atoms with Crippen LogP contribution in [0.25, 0.3) is 0 Å². The second kappa shape index (κ2) is 11.6. The van der Waals surface area contributed by atoms with Crippen LogP contribution in [0.3, 0.4) is 0 Å². The number of nitrogens with zero attached hydrogens (tertiary/aromatic N) is 3. The van der Waals surface area contributed by atoms with Crippen LogP contribution in [0.5, 0.6) is 11.5 Å². The van der Waals surface area contributed by atoms with Crippen LogP contribution in [-0.2, 0) is 12.0 Å². The van der Waals surface area contributed by atoms with Gasteiger partial charge in [-0.1, -0.05) is 37.5 Å². The number of aliphatic hydroxyl groups is 1. The number of aliphatic imine (C=N–C) groups is 1. The standard InChI is InChI=1S/C17H21NO3.C10H22N4/c1-18-8-7-17-6-5-12(19)9-14(17)21-16-13(20-2)4-3-11(10-18)15(16)17;11-10(12)13-6-9-14-7-4-2-1-3-5-8-14/h3-6,12,14,19H,7-10H2,1-2H3;1-9H2,(H4,11,12,13)/t12-,14-,17-;/m0./s1. The van der Waals surface area contributed by atoms with Gasteiger partial charge in [-0.05, 0) is 57.6 Å². The Hall–Kier alpha value is -2.29. The Balaban J connectivity index is 0.000000181. The molecule has 3 aliphatic heterocycles. The van der Waals surface area contributed by atoms with Gasteiger partial charge in [0.25, 0.3) is 0 Å². The highest BCUT2D eigenvalue weighted by Crippen LogP contribution is 2.55. The van der Waals surface area contributed by atoms with Crippen molar-refractivity contribution in [3.05, 3.63) is 35.4 Å². The molecule has 0 bridgehead atoms. The molecule has 194 valence electrons. The Morgan fingerprint density at radius 2 is 1.91 bits per heavy atom. The second-order valence-corrected chi connectivity index (χ2v) is 10.3. The molecule has 1 saturated heterocycles. The fourth-order valence-electron chi connectivity index (χ4n) is 5.93. The molecule has 0 amide bonds. The maximum absolute atomic E-state index is 9.97. The lowest BCUT2D eigenvalue weighted by Gasteiger charge is -2.35. The maximum atomic E-state index is 9.97. The lowest BCUT2D eigenvalue weighted by Crippen LogP contribution is -2.42. The average Bonchev–Trinajstić information content (AvgIpc) is 3.06. The SMILES string of the molecule is COc1ccc2c3c1O[C@H]1C[C@@H](O)C=C[C@@]31CCN(C)C2.NC(N)=NCCN1CCCCCCC1. The zero-order valence-corrected chi connectivity index (χ0v) is 21.4. The van der Waals surface area contributed by atoms with Crippen LogP contribution in [0.4, 0.5) is 0 Å². The number of nitrogens with two attached hydrogens (primary N) is 2. The van der Waals surface area contributed by atoms with Crippen molar-refractivity contribution in [2.75, 3.05) is 46.9 Å². The molecule has 0 radical (unpaired) electrons. The molecule has 1 aromatic carbocycles. The number of guanidine groups is 1. The predicted octanol–water partition coefficient (Wildman–Crippen LogP) is 2.38. The van der Waals surface area contributed by atoms with Gasteiger partial charge >= 0.3 is 0 Å². The minimum atomic E-state index is -0.412. The summed E-state index contributed by atoms with van der Waals surface area (Å²) in [4.78, 5) is 8.82. The Labute approximate surface area is 210 Å². The summed E-state index contributed by atoms with van der Waals surface area (Å²) in [7, 11) is 3.84. The largest absolute Gasteiger partial charge is 0.493 e. The van der Waals surface area contributed by atoms with E-state index in [1.54, 1.807) is 7.11 Å². The highest BCUT2D eigenvalue weighted by atomic mass is 16.5. The summed E-state index contributed by atoms with van der Waals surface area (Å²) in [5.74, 6) is 1.89. The van der Waals surface area contributed by atoms with E-state index in [9.17, 15) is 5.11 Å². The molecule has 3 atom stereocenters. The van der Waals surface area contributed by atoms with Crippen LogP contribution in [0.1, 0.15) is 56.1 Å².